The van der Waals surface area contributed by atoms with Gasteiger partial charge in [-0.3, -0.25) is 0 Å². The zero-order chi connectivity index (χ0) is 13.1. The number of anilines is 1. The topological polar surface area (TPSA) is 32.5 Å². The Hall–Kier alpha value is -0.770. The van der Waals surface area contributed by atoms with E-state index in [1.54, 1.807) is 0 Å². The van der Waals surface area contributed by atoms with Crippen molar-refractivity contribution in [3.05, 3.63) is 28.8 Å². The Morgan fingerprint density at radius 1 is 1.44 bits per heavy atom. The zero-order valence-electron chi connectivity index (χ0n) is 11.2. The smallest absolute Gasteiger partial charge is 0.0413 e. The fourth-order valence-electron chi connectivity index (χ4n) is 2.62. The van der Waals surface area contributed by atoms with Crippen LogP contribution >= 0.6 is 11.6 Å². The lowest BCUT2D eigenvalue weighted by Crippen LogP contribution is -2.45. The number of hydrogen-bond acceptors (Lipinski definition) is 3. The maximum absolute atomic E-state index is 6.03. The molecular formula is C14H22ClN3. The molecule has 3 nitrogen and oxygen atoms in total. The van der Waals surface area contributed by atoms with Crippen LogP contribution in [-0.2, 0) is 6.54 Å². The van der Waals surface area contributed by atoms with Crippen LogP contribution in [0.2, 0.25) is 5.02 Å². The molecule has 4 heteroatoms. The van der Waals surface area contributed by atoms with Gasteiger partial charge in [0, 0.05) is 36.4 Å². The first-order chi connectivity index (χ1) is 8.61. The van der Waals surface area contributed by atoms with E-state index in [4.69, 9.17) is 17.3 Å². The standard InChI is InChI=1S/C14H22ClN3/c1-17(2)13-4-3-7-18(10-13)14-6-5-12(15)8-11(14)9-16/h5-6,8,13H,3-4,7,9-10,16H2,1-2H3. The third-order valence-corrected chi connectivity index (χ3v) is 3.96. The van der Waals surface area contributed by atoms with Gasteiger partial charge in [0.05, 0.1) is 0 Å². The summed E-state index contributed by atoms with van der Waals surface area (Å²) in [6.45, 7) is 2.72. The Bertz CT molecular complexity index is 406. The predicted molar refractivity (Wildman–Crippen MR) is 78.3 cm³/mol. The van der Waals surface area contributed by atoms with Gasteiger partial charge in [0.25, 0.3) is 0 Å². The minimum absolute atomic E-state index is 0.541. The number of likely N-dealkylation sites (N-methyl/N-ethyl adjacent to an activating group) is 1. The molecule has 0 amide bonds. The Balaban J connectivity index is 2.20. The van der Waals surface area contributed by atoms with E-state index in [-0.39, 0.29) is 0 Å². The number of piperidine rings is 1. The summed E-state index contributed by atoms with van der Waals surface area (Å²) < 4.78 is 0. The van der Waals surface area contributed by atoms with Crippen molar-refractivity contribution in [2.45, 2.75) is 25.4 Å². The van der Waals surface area contributed by atoms with Gasteiger partial charge in [-0.2, -0.15) is 0 Å². The number of nitrogens with two attached hydrogens (primary N) is 1. The Labute approximate surface area is 115 Å². The quantitative estimate of drug-likeness (QED) is 0.912. The molecule has 1 heterocycles. The molecule has 0 aliphatic carbocycles. The fourth-order valence-corrected chi connectivity index (χ4v) is 2.82. The van der Waals surface area contributed by atoms with Crippen molar-refractivity contribution >= 4 is 17.3 Å². The van der Waals surface area contributed by atoms with E-state index in [0.717, 1.165) is 23.7 Å². The van der Waals surface area contributed by atoms with Gasteiger partial charge in [-0.15, -0.1) is 0 Å². The molecule has 0 aromatic heterocycles. The third-order valence-electron chi connectivity index (χ3n) is 3.73. The van der Waals surface area contributed by atoms with Crippen molar-refractivity contribution in [1.82, 2.24) is 4.90 Å². The van der Waals surface area contributed by atoms with Crippen molar-refractivity contribution in [2.75, 3.05) is 32.1 Å². The molecule has 1 unspecified atom stereocenters. The van der Waals surface area contributed by atoms with Gasteiger partial charge in [-0.25, -0.2) is 0 Å². The van der Waals surface area contributed by atoms with Crippen LogP contribution in [0.25, 0.3) is 0 Å². The number of halogens is 1. The van der Waals surface area contributed by atoms with E-state index in [0.29, 0.717) is 12.6 Å². The fraction of sp³-hybridized carbons (Fsp3) is 0.571. The maximum Gasteiger partial charge on any atom is 0.0413 e. The monoisotopic (exact) mass is 267 g/mol. The highest BCUT2D eigenvalue weighted by atomic mass is 35.5. The number of benzene rings is 1. The van der Waals surface area contributed by atoms with E-state index >= 15 is 0 Å². The van der Waals surface area contributed by atoms with Crippen LogP contribution in [0.4, 0.5) is 5.69 Å². The molecular weight excluding hydrogens is 246 g/mol. The number of nitrogens with zero attached hydrogens (tertiary/aromatic N) is 2. The van der Waals surface area contributed by atoms with Gasteiger partial charge in [0.1, 0.15) is 0 Å². The lowest BCUT2D eigenvalue weighted by molar-refractivity contribution is 0.258. The lowest BCUT2D eigenvalue weighted by atomic mass is 10.0. The largest absolute Gasteiger partial charge is 0.370 e. The van der Waals surface area contributed by atoms with Gasteiger partial charge in [-0.05, 0) is 50.7 Å². The van der Waals surface area contributed by atoms with Gasteiger partial charge in [0.2, 0.25) is 0 Å². The molecule has 1 aliphatic heterocycles. The van der Waals surface area contributed by atoms with Gasteiger partial charge in [-0.1, -0.05) is 11.6 Å². The summed E-state index contributed by atoms with van der Waals surface area (Å²) in [6.07, 6.45) is 2.50. The predicted octanol–water partition coefficient (Wildman–Crippen LogP) is 2.33. The Morgan fingerprint density at radius 3 is 2.89 bits per heavy atom. The second-order valence-corrected chi connectivity index (χ2v) is 5.62. The van der Waals surface area contributed by atoms with Crippen LogP contribution in [0.1, 0.15) is 18.4 Å². The molecule has 0 radical (unpaired) electrons. The second kappa shape index (κ2) is 5.91. The normalized spacial score (nSPS) is 20.5. The highest BCUT2D eigenvalue weighted by molar-refractivity contribution is 6.30. The zero-order valence-corrected chi connectivity index (χ0v) is 12.0. The third kappa shape index (κ3) is 2.97. The molecule has 18 heavy (non-hydrogen) atoms. The van der Waals surface area contributed by atoms with Crippen molar-refractivity contribution < 1.29 is 0 Å². The van der Waals surface area contributed by atoms with Crippen LogP contribution in [0.5, 0.6) is 0 Å². The average molecular weight is 268 g/mol. The summed E-state index contributed by atoms with van der Waals surface area (Å²) in [7, 11) is 4.31. The van der Waals surface area contributed by atoms with E-state index in [1.807, 2.05) is 12.1 Å². The minimum Gasteiger partial charge on any atom is -0.370 e. The first kappa shape index (κ1) is 13.7. The molecule has 2 rings (SSSR count). The average Bonchev–Trinajstić information content (AvgIpc) is 2.38. The van der Waals surface area contributed by atoms with Gasteiger partial charge < -0.3 is 15.5 Å². The number of hydrogen-bond donors (Lipinski definition) is 1. The minimum atomic E-state index is 0.541. The SMILES string of the molecule is CN(C)C1CCCN(c2ccc(Cl)cc2CN)C1. The molecule has 1 aromatic carbocycles. The van der Waals surface area contributed by atoms with Crippen LogP contribution in [0.3, 0.4) is 0 Å². The second-order valence-electron chi connectivity index (χ2n) is 5.18. The van der Waals surface area contributed by atoms with Crippen LogP contribution in [0, 0.1) is 0 Å². The van der Waals surface area contributed by atoms with E-state index in [9.17, 15) is 0 Å². The van der Waals surface area contributed by atoms with Gasteiger partial charge in [0.15, 0.2) is 0 Å². The van der Waals surface area contributed by atoms with Crippen molar-refractivity contribution in [3.63, 3.8) is 0 Å². The van der Waals surface area contributed by atoms with E-state index < -0.39 is 0 Å². The summed E-state index contributed by atoms with van der Waals surface area (Å²) in [5.74, 6) is 0. The first-order valence-corrected chi connectivity index (χ1v) is 6.89. The first-order valence-electron chi connectivity index (χ1n) is 6.51. The highest BCUT2D eigenvalue weighted by Gasteiger charge is 2.22. The van der Waals surface area contributed by atoms with Gasteiger partial charge >= 0.3 is 0 Å². The summed E-state index contributed by atoms with van der Waals surface area (Å²) in [5, 5.41) is 0.764. The summed E-state index contributed by atoms with van der Waals surface area (Å²) in [5.41, 5.74) is 8.21. The molecule has 0 saturated carbocycles. The van der Waals surface area contributed by atoms with E-state index in [1.165, 1.54) is 18.5 Å². The molecule has 0 spiro atoms. The molecule has 100 valence electrons. The Morgan fingerprint density at radius 2 is 2.22 bits per heavy atom. The molecule has 0 bridgehead atoms. The molecule has 2 N–H and O–H groups in total. The Kier molecular flexibility index (Phi) is 4.49. The molecule has 1 aliphatic rings. The van der Waals surface area contributed by atoms with Crippen LogP contribution < -0.4 is 10.6 Å². The highest BCUT2D eigenvalue weighted by Crippen LogP contribution is 2.27. The van der Waals surface area contributed by atoms with Crippen molar-refractivity contribution in [2.24, 2.45) is 5.73 Å². The van der Waals surface area contributed by atoms with Crippen molar-refractivity contribution in [3.8, 4) is 0 Å². The van der Waals surface area contributed by atoms with Crippen LogP contribution in [0.15, 0.2) is 18.2 Å². The molecule has 1 atom stereocenters. The molecule has 1 aromatic rings. The summed E-state index contributed by atoms with van der Waals surface area (Å²) >= 11 is 6.03. The molecule has 1 fully saturated rings. The lowest BCUT2D eigenvalue weighted by Gasteiger charge is -2.38. The maximum atomic E-state index is 6.03. The van der Waals surface area contributed by atoms with E-state index in [2.05, 4.69) is 30.0 Å². The number of rotatable bonds is 3. The summed E-state index contributed by atoms with van der Waals surface area (Å²) in [4.78, 5) is 4.75. The summed E-state index contributed by atoms with van der Waals surface area (Å²) in [6, 6.07) is 6.66. The van der Waals surface area contributed by atoms with Crippen LogP contribution in [-0.4, -0.2) is 38.1 Å². The van der Waals surface area contributed by atoms with Crippen molar-refractivity contribution in [1.29, 1.82) is 0 Å². The molecule has 1 saturated heterocycles.